The number of pyridine rings is 1. The first-order valence-electron chi connectivity index (χ1n) is 7.39. The highest BCUT2D eigenvalue weighted by Gasteiger charge is 2.13. The maximum absolute atomic E-state index is 4.58. The Balaban J connectivity index is 1.65. The van der Waals surface area contributed by atoms with Crippen molar-refractivity contribution in [2.75, 3.05) is 11.9 Å². The van der Waals surface area contributed by atoms with Gasteiger partial charge in [-0.3, -0.25) is 4.98 Å². The van der Waals surface area contributed by atoms with Crippen molar-refractivity contribution in [3.8, 4) is 11.3 Å². The zero-order valence-corrected chi connectivity index (χ0v) is 11.6. The average Bonchev–Trinajstić information content (AvgIpc) is 2.55. The molecule has 0 aromatic carbocycles. The third-order valence-electron chi connectivity index (χ3n) is 3.91. The molecule has 1 aliphatic rings. The van der Waals surface area contributed by atoms with E-state index < -0.39 is 0 Å². The first-order valence-corrected chi connectivity index (χ1v) is 7.39. The molecule has 4 heteroatoms. The van der Waals surface area contributed by atoms with Gasteiger partial charge in [-0.25, -0.2) is 9.97 Å². The van der Waals surface area contributed by atoms with Crippen LogP contribution in [0.5, 0.6) is 0 Å². The Bertz CT molecular complexity index is 535. The van der Waals surface area contributed by atoms with Gasteiger partial charge in [-0.2, -0.15) is 0 Å². The van der Waals surface area contributed by atoms with Crippen molar-refractivity contribution in [1.29, 1.82) is 0 Å². The van der Waals surface area contributed by atoms with Crippen LogP contribution < -0.4 is 5.32 Å². The number of aromatic nitrogens is 3. The minimum atomic E-state index is 0.727. The SMILES string of the molecule is c1cc(-c2ccnc(NCC3CCCCC3)n2)ccn1. The standard InChI is InChI=1S/C16H20N4/c1-2-4-13(5-3-1)12-19-16-18-11-8-15(20-16)14-6-9-17-10-7-14/h6-11,13H,1-5,12H2,(H,18,19,20). The van der Waals surface area contributed by atoms with Gasteiger partial charge in [0.05, 0.1) is 5.69 Å². The second kappa shape index (κ2) is 6.46. The summed E-state index contributed by atoms with van der Waals surface area (Å²) in [6, 6.07) is 5.86. The van der Waals surface area contributed by atoms with Crippen molar-refractivity contribution in [1.82, 2.24) is 15.0 Å². The van der Waals surface area contributed by atoms with Gasteiger partial charge in [0.2, 0.25) is 5.95 Å². The van der Waals surface area contributed by atoms with E-state index in [0.717, 1.165) is 29.7 Å². The van der Waals surface area contributed by atoms with Crippen LogP contribution in [0.1, 0.15) is 32.1 Å². The Morgan fingerprint density at radius 2 is 1.80 bits per heavy atom. The molecule has 1 N–H and O–H groups in total. The molecule has 2 heterocycles. The molecule has 0 aliphatic heterocycles. The Hall–Kier alpha value is -1.97. The molecule has 1 fully saturated rings. The first kappa shape index (κ1) is 13.0. The lowest BCUT2D eigenvalue weighted by Gasteiger charge is -2.21. The van der Waals surface area contributed by atoms with Crippen molar-refractivity contribution in [2.24, 2.45) is 5.92 Å². The molecule has 104 valence electrons. The minimum Gasteiger partial charge on any atom is -0.354 e. The Morgan fingerprint density at radius 3 is 2.60 bits per heavy atom. The fourth-order valence-corrected chi connectivity index (χ4v) is 2.75. The van der Waals surface area contributed by atoms with Crippen LogP contribution in [-0.4, -0.2) is 21.5 Å². The predicted molar refractivity (Wildman–Crippen MR) is 80.3 cm³/mol. The second-order valence-electron chi connectivity index (χ2n) is 5.39. The first-order chi connectivity index (χ1) is 9.92. The topological polar surface area (TPSA) is 50.7 Å². The monoisotopic (exact) mass is 268 g/mol. The fourth-order valence-electron chi connectivity index (χ4n) is 2.75. The summed E-state index contributed by atoms with van der Waals surface area (Å²) in [5, 5.41) is 3.39. The largest absolute Gasteiger partial charge is 0.354 e. The summed E-state index contributed by atoms with van der Waals surface area (Å²) in [4.78, 5) is 12.9. The molecule has 0 amide bonds. The highest BCUT2D eigenvalue weighted by molar-refractivity contribution is 5.58. The molecule has 4 nitrogen and oxygen atoms in total. The molecule has 0 radical (unpaired) electrons. The molecule has 1 saturated carbocycles. The third kappa shape index (κ3) is 3.32. The molecule has 20 heavy (non-hydrogen) atoms. The van der Waals surface area contributed by atoms with Crippen molar-refractivity contribution < 1.29 is 0 Å². The highest BCUT2D eigenvalue weighted by Crippen LogP contribution is 2.23. The number of hydrogen-bond acceptors (Lipinski definition) is 4. The lowest BCUT2D eigenvalue weighted by atomic mass is 9.89. The molecular formula is C16H20N4. The lowest BCUT2D eigenvalue weighted by Crippen LogP contribution is -2.18. The van der Waals surface area contributed by atoms with E-state index in [1.807, 2.05) is 24.4 Å². The van der Waals surface area contributed by atoms with Gasteiger partial charge >= 0.3 is 0 Å². The molecule has 0 spiro atoms. The summed E-state index contributed by atoms with van der Waals surface area (Å²) in [7, 11) is 0. The van der Waals surface area contributed by atoms with Crippen molar-refractivity contribution in [2.45, 2.75) is 32.1 Å². The van der Waals surface area contributed by atoms with Gasteiger partial charge in [0.15, 0.2) is 0 Å². The molecule has 2 aromatic rings. The van der Waals surface area contributed by atoms with Gasteiger partial charge in [0, 0.05) is 30.7 Å². The van der Waals surface area contributed by atoms with Gasteiger partial charge in [-0.15, -0.1) is 0 Å². The molecule has 1 aliphatic carbocycles. The van der Waals surface area contributed by atoms with E-state index in [1.165, 1.54) is 32.1 Å². The molecule has 0 bridgehead atoms. The lowest BCUT2D eigenvalue weighted by molar-refractivity contribution is 0.373. The molecular weight excluding hydrogens is 248 g/mol. The zero-order valence-electron chi connectivity index (χ0n) is 11.6. The van der Waals surface area contributed by atoms with E-state index in [9.17, 15) is 0 Å². The molecule has 3 rings (SSSR count). The molecule has 0 atom stereocenters. The number of anilines is 1. The van der Waals surface area contributed by atoms with Crippen molar-refractivity contribution in [3.05, 3.63) is 36.8 Å². The van der Waals surface area contributed by atoms with E-state index in [4.69, 9.17) is 0 Å². The number of rotatable bonds is 4. The van der Waals surface area contributed by atoms with Crippen LogP contribution in [-0.2, 0) is 0 Å². The van der Waals surface area contributed by atoms with E-state index in [1.54, 1.807) is 12.4 Å². The molecule has 2 aromatic heterocycles. The van der Waals surface area contributed by atoms with Gasteiger partial charge in [0.1, 0.15) is 0 Å². The number of nitrogens with zero attached hydrogens (tertiary/aromatic N) is 3. The van der Waals surface area contributed by atoms with E-state index >= 15 is 0 Å². The quantitative estimate of drug-likeness (QED) is 0.921. The van der Waals surface area contributed by atoms with Gasteiger partial charge in [-0.05, 0) is 37.0 Å². The van der Waals surface area contributed by atoms with Crippen molar-refractivity contribution in [3.63, 3.8) is 0 Å². The molecule has 0 unspecified atom stereocenters. The van der Waals surface area contributed by atoms with Gasteiger partial charge in [-0.1, -0.05) is 19.3 Å². The van der Waals surface area contributed by atoms with Gasteiger partial charge < -0.3 is 5.32 Å². The Labute approximate surface area is 119 Å². The zero-order chi connectivity index (χ0) is 13.6. The van der Waals surface area contributed by atoms with Crippen LogP contribution in [0, 0.1) is 5.92 Å². The van der Waals surface area contributed by atoms with Crippen LogP contribution in [0.3, 0.4) is 0 Å². The van der Waals surface area contributed by atoms with Crippen LogP contribution in [0.15, 0.2) is 36.8 Å². The maximum atomic E-state index is 4.58. The molecule has 0 saturated heterocycles. The Kier molecular flexibility index (Phi) is 4.21. The second-order valence-corrected chi connectivity index (χ2v) is 5.39. The number of hydrogen-bond donors (Lipinski definition) is 1. The third-order valence-corrected chi connectivity index (χ3v) is 3.91. The Morgan fingerprint density at radius 1 is 1.00 bits per heavy atom. The predicted octanol–water partition coefficient (Wildman–Crippen LogP) is 3.53. The van der Waals surface area contributed by atoms with Crippen LogP contribution in [0.25, 0.3) is 11.3 Å². The maximum Gasteiger partial charge on any atom is 0.223 e. The van der Waals surface area contributed by atoms with Crippen LogP contribution in [0.4, 0.5) is 5.95 Å². The van der Waals surface area contributed by atoms with Gasteiger partial charge in [0.25, 0.3) is 0 Å². The smallest absolute Gasteiger partial charge is 0.223 e. The summed E-state index contributed by atoms with van der Waals surface area (Å²) >= 11 is 0. The van der Waals surface area contributed by atoms with Crippen LogP contribution >= 0.6 is 0 Å². The normalized spacial score (nSPS) is 16.0. The van der Waals surface area contributed by atoms with E-state index in [2.05, 4.69) is 20.3 Å². The van der Waals surface area contributed by atoms with Crippen molar-refractivity contribution >= 4 is 5.95 Å². The summed E-state index contributed by atoms with van der Waals surface area (Å²) in [6.07, 6.45) is 12.2. The summed E-state index contributed by atoms with van der Waals surface area (Å²) < 4.78 is 0. The summed E-state index contributed by atoms with van der Waals surface area (Å²) in [5.74, 6) is 1.50. The fraction of sp³-hybridized carbons (Fsp3) is 0.438. The van der Waals surface area contributed by atoms with E-state index in [0.29, 0.717) is 0 Å². The summed E-state index contributed by atoms with van der Waals surface area (Å²) in [6.45, 7) is 0.986. The minimum absolute atomic E-state index is 0.727. The average molecular weight is 268 g/mol. The van der Waals surface area contributed by atoms with E-state index in [-0.39, 0.29) is 0 Å². The number of nitrogens with one attached hydrogen (secondary N) is 1. The highest BCUT2D eigenvalue weighted by atomic mass is 15.1. The summed E-state index contributed by atoms with van der Waals surface area (Å²) in [5.41, 5.74) is 2.01. The van der Waals surface area contributed by atoms with Crippen LogP contribution in [0.2, 0.25) is 0 Å².